The van der Waals surface area contributed by atoms with Crippen molar-refractivity contribution >= 4 is 88.3 Å². The van der Waals surface area contributed by atoms with Gasteiger partial charge in [0.1, 0.15) is 13.7 Å². The maximum Gasteiger partial charge on any atom is 0.254 e. The van der Waals surface area contributed by atoms with Crippen LogP contribution in [0.25, 0.3) is 0 Å². The summed E-state index contributed by atoms with van der Waals surface area (Å²) in [5.74, 6) is -0.886. The topological polar surface area (TPSA) is 113 Å². The zero-order valence-corrected chi connectivity index (χ0v) is 18.4. The molecule has 0 spiro atoms. The van der Waals surface area contributed by atoms with E-state index >= 15 is 0 Å². The number of aliphatic hydroxyl groups is 1. The van der Waals surface area contributed by atoms with Crippen molar-refractivity contribution < 1.29 is 9.90 Å². The summed E-state index contributed by atoms with van der Waals surface area (Å²) in [4.78, 5) is 20.3. The first-order valence-electron chi connectivity index (χ1n) is 9.62. The van der Waals surface area contributed by atoms with Crippen molar-refractivity contribution in [3.63, 3.8) is 0 Å². The van der Waals surface area contributed by atoms with Gasteiger partial charge < -0.3 is 21.5 Å². The van der Waals surface area contributed by atoms with Crippen LogP contribution >= 0.6 is 0 Å². The smallest absolute Gasteiger partial charge is 0.254 e. The SMILES string of the molecule is [B]C([B])([B])C1([B])C(O)CC([B])(Nc2nc(NC(C)(C)C)ncc2C(N)=O)C([B])([B])C1([B])[B]. The number of carbonyl (C=O) groups excluding carboxylic acids is 1. The fourth-order valence-electron chi connectivity index (χ4n) is 3.69. The van der Waals surface area contributed by atoms with E-state index in [1.165, 1.54) is 6.20 Å². The van der Waals surface area contributed by atoms with Crippen LogP contribution in [-0.4, -0.2) is 109 Å². The zero-order valence-electron chi connectivity index (χ0n) is 18.4. The van der Waals surface area contributed by atoms with Crippen molar-refractivity contribution in [2.45, 2.75) is 65.1 Å². The van der Waals surface area contributed by atoms with Gasteiger partial charge in [0.15, 0.2) is 0 Å². The molecule has 3 atom stereocenters. The Morgan fingerprint density at radius 1 is 1.12 bits per heavy atom. The van der Waals surface area contributed by atoms with Gasteiger partial charge >= 0.3 is 0 Å². The van der Waals surface area contributed by atoms with Crippen molar-refractivity contribution in [1.29, 1.82) is 0 Å². The Bertz CT molecular complexity index is 905. The van der Waals surface area contributed by atoms with Crippen molar-refractivity contribution in [2.24, 2.45) is 5.73 Å². The minimum absolute atomic E-state index is 0.134. The molecular weight excluding hydrogens is 392 g/mol. The molecule has 2 rings (SSSR count). The van der Waals surface area contributed by atoms with Gasteiger partial charge in [-0.15, -0.1) is 10.3 Å². The van der Waals surface area contributed by atoms with Crippen molar-refractivity contribution in [2.75, 3.05) is 10.6 Å². The maximum absolute atomic E-state index is 12.0. The number of anilines is 2. The number of aliphatic hydroxyl groups excluding tert-OH is 1. The minimum atomic E-state index is -2.44. The van der Waals surface area contributed by atoms with Crippen LogP contribution in [0.5, 0.6) is 0 Å². The Balaban J connectivity index is 2.62. The Labute approximate surface area is 201 Å². The number of hydrogen-bond acceptors (Lipinski definition) is 6. The molecule has 3 unspecified atom stereocenters. The quantitative estimate of drug-likeness (QED) is 0.405. The summed E-state index contributed by atoms with van der Waals surface area (Å²) < 4.78 is 0. The van der Waals surface area contributed by atoms with E-state index in [-0.39, 0.29) is 17.3 Å². The average Bonchev–Trinajstić information content (AvgIpc) is 2.56. The van der Waals surface area contributed by atoms with Crippen LogP contribution in [0.2, 0.25) is 20.9 Å². The van der Waals surface area contributed by atoms with Crippen LogP contribution in [0.1, 0.15) is 37.6 Å². The number of aromatic nitrogens is 2. The molecule has 1 aliphatic carbocycles. The number of carbonyl (C=O) groups is 1. The minimum Gasteiger partial charge on any atom is -0.393 e. The molecule has 1 saturated carbocycles. The van der Waals surface area contributed by atoms with Crippen LogP contribution < -0.4 is 16.4 Å². The molecule has 5 N–H and O–H groups in total. The molecule has 1 aromatic heterocycles. The molecule has 0 saturated heterocycles. The van der Waals surface area contributed by atoms with E-state index in [9.17, 15) is 9.90 Å². The van der Waals surface area contributed by atoms with E-state index in [2.05, 4.69) is 20.6 Å². The third-order valence-electron chi connectivity index (χ3n) is 5.75. The molecule has 146 valence electrons. The molecule has 1 fully saturated rings. The van der Waals surface area contributed by atoms with Crippen LogP contribution in [0.3, 0.4) is 0 Å². The second kappa shape index (κ2) is 7.88. The van der Waals surface area contributed by atoms with E-state index in [1.54, 1.807) is 0 Å². The van der Waals surface area contributed by atoms with Gasteiger partial charge in [0.25, 0.3) is 5.91 Å². The average molecular weight is 410 g/mol. The summed E-state index contributed by atoms with van der Waals surface area (Å²) in [6.45, 7) is 5.61. The fourth-order valence-corrected chi connectivity index (χ4v) is 3.69. The largest absolute Gasteiger partial charge is 0.393 e. The number of nitrogens with two attached hydrogens (primary N) is 1. The molecule has 1 heterocycles. The highest BCUT2D eigenvalue weighted by Gasteiger charge is 2.64. The van der Waals surface area contributed by atoms with Gasteiger partial charge in [-0.3, -0.25) is 4.79 Å². The normalized spacial score (nSPS) is 29.7. The standard InChI is InChI=1S/C16H18B9N5O2/c1-11(2,3)30-10-27-5-6(8(26)32)9(28-10)29-12(17)4-7(31)13(18,16(23,24)25)15(21,22)14(12,19)20/h5,7,31H,4H2,1-3H3,(H2,26,32)(H2,27,28,29,30). The van der Waals surface area contributed by atoms with Gasteiger partial charge in [-0.05, 0) is 32.6 Å². The highest BCUT2D eigenvalue weighted by Crippen LogP contribution is 2.73. The maximum atomic E-state index is 12.0. The third kappa shape index (κ3) is 4.16. The first-order chi connectivity index (χ1) is 14.1. The van der Waals surface area contributed by atoms with Crippen molar-refractivity contribution in [3.8, 4) is 0 Å². The summed E-state index contributed by atoms with van der Waals surface area (Å²) >= 11 is 0. The Kier molecular flexibility index (Phi) is 6.64. The van der Waals surface area contributed by atoms with E-state index in [0.29, 0.717) is 0 Å². The second-order valence-corrected chi connectivity index (χ2v) is 9.55. The molecule has 7 nitrogen and oxygen atoms in total. The lowest BCUT2D eigenvalue weighted by Crippen LogP contribution is -2.69. The number of amides is 1. The monoisotopic (exact) mass is 411 g/mol. The molecule has 1 aliphatic rings. The number of nitrogens with one attached hydrogen (secondary N) is 2. The van der Waals surface area contributed by atoms with Crippen LogP contribution in [0.4, 0.5) is 11.8 Å². The third-order valence-corrected chi connectivity index (χ3v) is 5.75. The van der Waals surface area contributed by atoms with E-state index in [0.717, 1.165) is 0 Å². The summed E-state index contributed by atoms with van der Waals surface area (Å²) in [6, 6.07) is 0. The molecule has 0 aromatic carbocycles. The first kappa shape index (κ1) is 26.9. The van der Waals surface area contributed by atoms with E-state index in [4.69, 9.17) is 76.4 Å². The summed E-state index contributed by atoms with van der Waals surface area (Å²) in [6.07, 6.45) is -1.01. The van der Waals surface area contributed by atoms with Crippen LogP contribution in [-0.2, 0) is 0 Å². The second-order valence-electron chi connectivity index (χ2n) is 9.55. The first-order valence-corrected chi connectivity index (χ1v) is 9.62. The highest BCUT2D eigenvalue weighted by molar-refractivity contribution is 6.67. The van der Waals surface area contributed by atoms with Gasteiger partial charge in [-0.25, -0.2) is 4.98 Å². The molecule has 0 aliphatic heterocycles. The van der Waals surface area contributed by atoms with Crippen molar-refractivity contribution in [1.82, 2.24) is 9.97 Å². The fraction of sp³-hybridized carbons (Fsp3) is 0.688. The molecular formula is C16H18B9N5O2. The Morgan fingerprint density at radius 2 is 1.66 bits per heavy atom. The van der Waals surface area contributed by atoms with E-state index < -0.39 is 50.3 Å². The number of hydrogen-bond donors (Lipinski definition) is 4. The van der Waals surface area contributed by atoms with E-state index in [1.807, 2.05) is 20.8 Å². The van der Waals surface area contributed by atoms with Gasteiger partial charge in [0.2, 0.25) is 5.95 Å². The molecule has 16 heteroatoms. The highest BCUT2D eigenvalue weighted by atomic mass is 16.3. The predicted molar refractivity (Wildman–Crippen MR) is 133 cm³/mol. The Morgan fingerprint density at radius 3 is 2.09 bits per heavy atom. The number of rotatable bonds is 5. The lowest BCUT2D eigenvalue weighted by Gasteiger charge is -2.73. The van der Waals surface area contributed by atoms with Crippen LogP contribution in [0.15, 0.2) is 6.20 Å². The number of primary amides is 1. The van der Waals surface area contributed by atoms with Gasteiger partial charge in [0.05, 0.1) is 74.4 Å². The number of nitrogens with zero attached hydrogens (tertiary/aromatic N) is 2. The van der Waals surface area contributed by atoms with Crippen LogP contribution in [0, 0.1) is 0 Å². The van der Waals surface area contributed by atoms with Gasteiger partial charge in [-0.1, -0.05) is 10.5 Å². The molecule has 32 heavy (non-hydrogen) atoms. The molecule has 18 radical (unpaired) electrons. The lowest BCUT2D eigenvalue weighted by atomic mass is 9.07. The molecule has 1 amide bonds. The predicted octanol–water partition coefficient (Wildman–Crippen LogP) is -2.36. The molecule has 0 bridgehead atoms. The Hall–Kier alpha value is -1.31. The van der Waals surface area contributed by atoms with Gasteiger partial charge in [0, 0.05) is 11.7 Å². The summed E-state index contributed by atoms with van der Waals surface area (Å²) in [5.41, 5.74) is 2.86. The summed E-state index contributed by atoms with van der Waals surface area (Å²) in [5, 5.41) is 7.25. The lowest BCUT2D eigenvalue weighted by molar-refractivity contribution is 0.0538. The zero-order chi connectivity index (χ0) is 25.1. The molecule has 1 aromatic rings. The summed E-state index contributed by atoms with van der Waals surface area (Å²) in [7, 11) is 54.9. The van der Waals surface area contributed by atoms with Gasteiger partial charge in [-0.2, -0.15) is 4.98 Å². The van der Waals surface area contributed by atoms with Crippen molar-refractivity contribution in [3.05, 3.63) is 11.8 Å².